The molecule has 1 fully saturated rings. The van der Waals surface area contributed by atoms with E-state index in [4.69, 9.17) is 5.73 Å². The highest BCUT2D eigenvalue weighted by atomic mass is 16.2. The molecule has 0 radical (unpaired) electrons. The predicted octanol–water partition coefficient (Wildman–Crippen LogP) is -0.564. The lowest BCUT2D eigenvalue weighted by atomic mass is 10.2. The first-order valence-electron chi connectivity index (χ1n) is 5.35. The summed E-state index contributed by atoms with van der Waals surface area (Å²) >= 11 is 0. The standard InChI is InChI=1S/C10H17N5O/c1-14-4-3-7(5-14)12-10(16)9-8(11)6-15(2)13-9/h6-7H,3-5,11H2,1-2H3,(H,12,16)/t7-/m0/s1. The molecule has 1 amide bonds. The number of likely N-dealkylation sites (N-methyl/N-ethyl adjacent to an activating group) is 1. The predicted molar refractivity (Wildman–Crippen MR) is 61.0 cm³/mol. The summed E-state index contributed by atoms with van der Waals surface area (Å²) in [5.74, 6) is -0.182. The Morgan fingerprint density at radius 2 is 2.38 bits per heavy atom. The van der Waals surface area contributed by atoms with Crippen molar-refractivity contribution in [3.05, 3.63) is 11.9 Å². The van der Waals surface area contributed by atoms with Gasteiger partial charge in [-0.25, -0.2) is 0 Å². The van der Waals surface area contributed by atoms with Crippen LogP contribution >= 0.6 is 0 Å². The monoisotopic (exact) mass is 223 g/mol. The molecule has 1 aliphatic heterocycles. The van der Waals surface area contributed by atoms with Crippen LogP contribution in [0.15, 0.2) is 6.20 Å². The smallest absolute Gasteiger partial charge is 0.274 e. The fourth-order valence-corrected chi connectivity index (χ4v) is 1.99. The number of nitrogens with zero attached hydrogens (tertiary/aromatic N) is 3. The second-order valence-electron chi connectivity index (χ2n) is 4.33. The molecule has 0 saturated carbocycles. The first kappa shape index (κ1) is 10.9. The van der Waals surface area contributed by atoms with E-state index in [0.717, 1.165) is 19.5 Å². The second-order valence-corrected chi connectivity index (χ2v) is 4.33. The van der Waals surface area contributed by atoms with Gasteiger partial charge in [0.25, 0.3) is 5.91 Å². The fourth-order valence-electron chi connectivity index (χ4n) is 1.99. The first-order chi connectivity index (χ1) is 7.56. The number of hydrogen-bond donors (Lipinski definition) is 2. The van der Waals surface area contributed by atoms with E-state index >= 15 is 0 Å². The topological polar surface area (TPSA) is 76.2 Å². The quantitative estimate of drug-likeness (QED) is 0.704. The third-order valence-electron chi connectivity index (χ3n) is 2.80. The van der Waals surface area contributed by atoms with Gasteiger partial charge in [-0.1, -0.05) is 0 Å². The van der Waals surface area contributed by atoms with E-state index < -0.39 is 0 Å². The van der Waals surface area contributed by atoms with Gasteiger partial charge in [0.2, 0.25) is 0 Å². The molecule has 0 unspecified atom stereocenters. The van der Waals surface area contributed by atoms with E-state index in [0.29, 0.717) is 11.4 Å². The van der Waals surface area contributed by atoms with Gasteiger partial charge < -0.3 is 16.0 Å². The molecule has 0 spiro atoms. The number of anilines is 1. The summed E-state index contributed by atoms with van der Waals surface area (Å²) in [6, 6.07) is 0.207. The summed E-state index contributed by atoms with van der Waals surface area (Å²) in [4.78, 5) is 14.0. The summed E-state index contributed by atoms with van der Waals surface area (Å²) in [6.45, 7) is 1.90. The molecule has 0 aliphatic carbocycles. The Balaban J connectivity index is 2.00. The summed E-state index contributed by atoms with van der Waals surface area (Å²) in [5, 5.41) is 6.98. The molecule has 0 bridgehead atoms. The number of likely N-dealkylation sites (tertiary alicyclic amines) is 1. The van der Waals surface area contributed by atoms with Crippen molar-refractivity contribution in [2.24, 2.45) is 7.05 Å². The van der Waals surface area contributed by atoms with Crippen LogP contribution in [0.1, 0.15) is 16.9 Å². The largest absolute Gasteiger partial charge is 0.396 e. The van der Waals surface area contributed by atoms with Crippen LogP contribution in [0.5, 0.6) is 0 Å². The van der Waals surface area contributed by atoms with Crippen molar-refractivity contribution in [3.63, 3.8) is 0 Å². The van der Waals surface area contributed by atoms with Gasteiger partial charge in [0.15, 0.2) is 5.69 Å². The Labute approximate surface area is 94.4 Å². The number of nitrogens with two attached hydrogens (primary N) is 1. The van der Waals surface area contributed by atoms with Crippen molar-refractivity contribution in [2.75, 3.05) is 25.9 Å². The number of nitrogen functional groups attached to an aromatic ring is 1. The summed E-state index contributed by atoms with van der Waals surface area (Å²) < 4.78 is 1.55. The molecule has 1 aromatic heterocycles. The van der Waals surface area contributed by atoms with Crippen LogP contribution in [0.3, 0.4) is 0 Å². The van der Waals surface area contributed by atoms with Crippen LogP contribution in [0.2, 0.25) is 0 Å². The van der Waals surface area contributed by atoms with Gasteiger partial charge in [-0.05, 0) is 20.0 Å². The molecular weight excluding hydrogens is 206 g/mol. The minimum atomic E-state index is -0.182. The van der Waals surface area contributed by atoms with Gasteiger partial charge in [-0.15, -0.1) is 0 Å². The molecule has 6 heteroatoms. The van der Waals surface area contributed by atoms with Gasteiger partial charge in [-0.2, -0.15) is 5.10 Å². The lowest BCUT2D eigenvalue weighted by Gasteiger charge is -2.11. The summed E-state index contributed by atoms with van der Waals surface area (Å²) in [6.07, 6.45) is 2.62. The SMILES string of the molecule is CN1CC[C@H](NC(=O)c2nn(C)cc2N)C1. The average molecular weight is 223 g/mol. The van der Waals surface area contributed by atoms with Crippen molar-refractivity contribution in [1.29, 1.82) is 0 Å². The van der Waals surface area contributed by atoms with E-state index in [9.17, 15) is 4.79 Å². The lowest BCUT2D eigenvalue weighted by Crippen LogP contribution is -2.37. The molecule has 3 N–H and O–H groups in total. The van der Waals surface area contributed by atoms with Crippen LogP contribution in [0.25, 0.3) is 0 Å². The molecule has 88 valence electrons. The highest BCUT2D eigenvalue weighted by Crippen LogP contribution is 2.10. The maximum absolute atomic E-state index is 11.9. The number of nitrogens with one attached hydrogen (secondary N) is 1. The van der Waals surface area contributed by atoms with Gasteiger partial charge in [0, 0.05) is 25.8 Å². The Kier molecular flexibility index (Phi) is 2.82. The normalized spacial score (nSPS) is 21.2. The molecule has 1 aliphatic rings. The van der Waals surface area contributed by atoms with Crippen molar-refractivity contribution >= 4 is 11.6 Å². The average Bonchev–Trinajstić information content (AvgIpc) is 2.73. The molecule has 6 nitrogen and oxygen atoms in total. The van der Waals surface area contributed by atoms with Gasteiger partial charge >= 0.3 is 0 Å². The summed E-state index contributed by atoms with van der Waals surface area (Å²) in [7, 11) is 3.79. The van der Waals surface area contributed by atoms with Gasteiger partial charge in [0.1, 0.15) is 0 Å². The number of aromatic nitrogens is 2. The van der Waals surface area contributed by atoms with E-state index in [-0.39, 0.29) is 11.9 Å². The first-order valence-corrected chi connectivity index (χ1v) is 5.35. The van der Waals surface area contributed by atoms with Crippen LogP contribution in [0.4, 0.5) is 5.69 Å². The highest BCUT2D eigenvalue weighted by molar-refractivity contribution is 5.97. The number of amides is 1. The van der Waals surface area contributed by atoms with E-state index in [1.807, 2.05) is 7.05 Å². The molecule has 2 rings (SSSR count). The number of hydrogen-bond acceptors (Lipinski definition) is 4. The third kappa shape index (κ3) is 2.16. The molecule has 1 saturated heterocycles. The summed E-state index contributed by atoms with van der Waals surface area (Å²) in [5.41, 5.74) is 6.43. The highest BCUT2D eigenvalue weighted by Gasteiger charge is 2.23. The van der Waals surface area contributed by atoms with Crippen molar-refractivity contribution in [1.82, 2.24) is 20.0 Å². The minimum Gasteiger partial charge on any atom is -0.396 e. The third-order valence-corrected chi connectivity index (χ3v) is 2.80. The van der Waals surface area contributed by atoms with Crippen LogP contribution in [-0.4, -0.2) is 46.8 Å². The van der Waals surface area contributed by atoms with E-state index in [1.165, 1.54) is 0 Å². The number of aryl methyl sites for hydroxylation is 1. The molecule has 1 aromatic rings. The molecular formula is C10H17N5O. The molecule has 0 aromatic carbocycles. The van der Waals surface area contributed by atoms with Gasteiger partial charge in [-0.3, -0.25) is 9.48 Å². The number of carbonyl (C=O) groups is 1. The van der Waals surface area contributed by atoms with E-state index in [1.54, 1.807) is 17.9 Å². The maximum Gasteiger partial charge on any atom is 0.274 e. The minimum absolute atomic E-state index is 0.182. The van der Waals surface area contributed by atoms with Crippen molar-refractivity contribution in [3.8, 4) is 0 Å². The number of rotatable bonds is 2. The molecule has 1 atom stereocenters. The lowest BCUT2D eigenvalue weighted by molar-refractivity contribution is 0.0933. The Hall–Kier alpha value is -1.56. The van der Waals surface area contributed by atoms with E-state index in [2.05, 4.69) is 15.3 Å². The van der Waals surface area contributed by atoms with Crippen LogP contribution in [0, 0.1) is 0 Å². The fraction of sp³-hybridized carbons (Fsp3) is 0.600. The number of carbonyl (C=O) groups excluding carboxylic acids is 1. The van der Waals surface area contributed by atoms with Crippen LogP contribution in [-0.2, 0) is 7.05 Å². The molecule has 2 heterocycles. The second kappa shape index (κ2) is 4.13. The Bertz CT molecular complexity index is 400. The molecule has 16 heavy (non-hydrogen) atoms. The van der Waals surface area contributed by atoms with Gasteiger partial charge in [0.05, 0.1) is 5.69 Å². The van der Waals surface area contributed by atoms with Crippen molar-refractivity contribution in [2.45, 2.75) is 12.5 Å². The maximum atomic E-state index is 11.9. The Morgan fingerprint density at radius 3 is 2.88 bits per heavy atom. The Morgan fingerprint density at radius 1 is 1.62 bits per heavy atom. The zero-order valence-electron chi connectivity index (χ0n) is 9.60. The zero-order chi connectivity index (χ0) is 11.7. The van der Waals surface area contributed by atoms with Crippen LogP contribution < -0.4 is 11.1 Å². The van der Waals surface area contributed by atoms with Crippen molar-refractivity contribution < 1.29 is 4.79 Å². The zero-order valence-corrected chi connectivity index (χ0v) is 9.60.